The lowest BCUT2D eigenvalue weighted by Gasteiger charge is -2.09. The third-order valence-electron chi connectivity index (χ3n) is 4.02. The second kappa shape index (κ2) is 10.9. The molecule has 0 aliphatic rings. The van der Waals surface area contributed by atoms with Gasteiger partial charge in [0.05, 0.1) is 6.20 Å². The average molecular weight is 279 g/mol. The number of hydrogen-bond acceptors (Lipinski definition) is 2. The summed E-state index contributed by atoms with van der Waals surface area (Å²) in [6.45, 7) is 5.29. The van der Waals surface area contributed by atoms with Gasteiger partial charge in [0.2, 0.25) is 0 Å². The molecule has 0 spiro atoms. The maximum Gasteiger partial charge on any atom is 0.0537 e. The Hall–Kier alpha value is -0.830. The largest absolute Gasteiger partial charge is 0.324 e. The van der Waals surface area contributed by atoms with Crippen LogP contribution >= 0.6 is 0 Å². The molecule has 2 N–H and O–H groups in total. The van der Waals surface area contributed by atoms with Crippen LogP contribution in [0.4, 0.5) is 0 Å². The molecule has 0 aliphatic carbocycles. The molecule has 1 aromatic heterocycles. The highest BCUT2D eigenvalue weighted by atomic mass is 15.3. The van der Waals surface area contributed by atoms with Crippen molar-refractivity contribution in [1.29, 1.82) is 0 Å². The number of aryl methyl sites for hydroxylation is 1. The molecule has 116 valence electrons. The lowest BCUT2D eigenvalue weighted by atomic mass is 10.0. The second-order valence-corrected chi connectivity index (χ2v) is 5.85. The molecule has 20 heavy (non-hydrogen) atoms. The second-order valence-electron chi connectivity index (χ2n) is 5.85. The van der Waals surface area contributed by atoms with Crippen LogP contribution in [0, 0.1) is 0 Å². The van der Waals surface area contributed by atoms with Crippen LogP contribution in [0.5, 0.6) is 0 Å². The van der Waals surface area contributed by atoms with Gasteiger partial charge in [-0.25, -0.2) is 0 Å². The zero-order valence-electron chi connectivity index (χ0n) is 13.5. The molecule has 1 atom stereocenters. The molecule has 0 saturated carbocycles. The Balaban J connectivity index is 1.98. The van der Waals surface area contributed by atoms with Gasteiger partial charge in [0, 0.05) is 24.3 Å². The Kier molecular flexibility index (Phi) is 9.38. The zero-order valence-corrected chi connectivity index (χ0v) is 13.5. The van der Waals surface area contributed by atoms with Crippen molar-refractivity contribution in [3.63, 3.8) is 0 Å². The fourth-order valence-electron chi connectivity index (χ4n) is 2.59. The Bertz CT molecular complexity index is 333. The van der Waals surface area contributed by atoms with Crippen molar-refractivity contribution in [2.45, 2.75) is 90.6 Å². The average Bonchev–Trinajstić information content (AvgIpc) is 2.94. The van der Waals surface area contributed by atoms with E-state index in [-0.39, 0.29) is 6.04 Å². The van der Waals surface area contributed by atoms with Crippen molar-refractivity contribution in [3.8, 4) is 0 Å². The number of rotatable bonds is 12. The van der Waals surface area contributed by atoms with Crippen molar-refractivity contribution < 1.29 is 0 Å². The van der Waals surface area contributed by atoms with Gasteiger partial charge in [-0.05, 0) is 13.3 Å². The Labute approximate surface area is 124 Å². The van der Waals surface area contributed by atoms with Crippen LogP contribution in [0.1, 0.15) is 89.7 Å². The molecule has 1 aromatic rings. The van der Waals surface area contributed by atoms with Gasteiger partial charge in [0.25, 0.3) is 0 Å². The standard InChI is InChI=1S/C17H33N3/c1-3-5-6-7-8-9-10-11-12-13-17(18)16-14-19-20(4-2)15-16/h14-15,17H,3-13,18H2,1-2H3. The van der Waals surface area contributed by atoms with Crippen molar-refractivity contribution in [3.05, 3.63) is 18.0 Å². The number of nitrogens with two attached hydrogens (primary N) is 1. The molecule has 3 heteroatoms. The number of hydrogen-bond donors (Lipinski definition) is 1. The fraction of sp³-hybridized carbons (Fsp3) is 0.824. The van der Waals surface area contributed by atoms with E-state index in [1.807, 2.05) is 10.9 Å². The van der Waals surface area contributed by atoms with Crippen LogP contribution in [-0.2, 0) is 6.54 Å². The first-order valence-corrected chi connectivity index (χ1v) is 8.55. The summed E-state index contributed by atoms with van der Waals surface area (Å²) < 4.78 is 1.95. The quantitative estimate of drug-likeness (QED) is 0.557. The Morgan fingerprint density at radius 1 is 1.00 bits per heavy atom. The third kappa shape index (κ3) is 7.09. The summed E-state index contributed by atoms with van der Waals surface area (Å²) in [6.07, 6.45) is 17.4. The summed E-state index contributed by atoms with van der Waals surface area (Å²) in [5, 5.41) is 4.29. The minimum absolute atomic E-state index is 0.167. The van der Waals surface area contributed by atoms with Gasteiger partial charge >= 0.3 is 0 Å². The summed E-state index contributed by atoms with van der Waals surface area (Å²) in [7, 11) is 0. The SMILES string of the molecule is CCCCCCCCCCCC(N)c1cnn(CC)c1. The lowest BCUT2D eigenvalue weighted by Crippen LogP contribution is -2.09. The van der Waals surface area contributed by atoms with Gasteiger partial charge in [-0.15, -0.1) is 0 Å². The molecule has 1 rings (SSSR count). The molecule has 0 saturated heterocycles. The first-order valence-electron chi connectivity index (χ1n) is 8.55. The first kappa shape index (κ1) is 17.2. The van der Waals surface area contributed by atoms with Crippen LogP contribution in [0.3, 0.4) is 0 Å². The molecule has 0 fully saturated rings. The highest BCUT2D eigenvalue weighted by Gasteiger charge is 2.07. The van der Waals surface area contributed by atoms with E-state index in [0.29, 0.717) is 0 Å². The zero-order chi connectivity index (χ0) is 14.6. The van der Waals surface area contributed by atoms with E-state index in [2.05, 4.69) is 25.1 Å². The lowest BCUT2D eigenvalue weighted by molar-refractivity contribution is 0.532. The summed E-state index contributed by atoms with van der Waals surface area (Å²) in [5.74, 6) is 0. The van der Waals surface area contributed by atoms with Crippen LogP contribution in [-0.4, -0.2) is 9.78 Å². The van der Waals surface area contributed by atoms with Gasteiger partial charge in [0.1, 0.15) is 0 Å². The van der Waals surface area contributed by atoms with Crippen molar-refractivity contribution in [1.82, 2.24) is 9.78 Å². The molecule has 0 aromatic carbocycles. The Morgan fingerprint density at radius 3 is 2.15 bits per heavy atom. The third-order valence-corrected chi connectivity index (χ3v) is 4.02. The maximum atomic E-state index is 6.21. The predicted octanol–water partition coefficient (Wildman–Crippen LogP) is 4.82. The highest BCUT2D eigenvalue weighted by molar-refractivity contribution is 5.09. The predicted molar refractivity (Wildman–Crippen MR) is 86.7 cm³/mol. The number of unbranched alkanes of at least 4 members (excludes halogenated alkanes) is 8. The molecule has 1 heterocycles. The highest BCUT2D eigenvalue weighted by Crippen LogP contribution is 2.18. The van der Waals surface area contributed by atoms with E-state index in [9.17, 15) is 0 Å². The minimum atomic E-state index is 0.167. The molecule has 0 radical (unpaired) electrons. The van der Waals surface area contributed by atoms with Gasteiger partial charge in [-0.1, -0.05) is 64.7 Å². The normalized spacial score (nSPS) is 12.8. The summed E-state index contributed by atoms with van der Waals surface area (Å²) in [6, 6.07) is 0.167. The molecule has 1 unspecified atom stereocenters. The maximum absolute atomic E-state index is 6.21. The molecule has 0 amide bonds. The summed E-state index contributed by atoms with van der Waals surface area (Å²) >= 11 is 0. The van der Waals surface area contributed by atoms with Crippen LogP contribution in [0.25, 0.3) is 0 Å². The first-order chi connectivity index (χ1) is 9.77. The fourth-order valence-corrected chi connectivity index (χ4v) is 2.59. The van der Waals surface area contributed by atoms with Gasteiger partial charge < -0.3 is 5.73 Å². The van der Waals surface area contributed by atoms with Gasteiger partial charge in [-0.3, -0.25) is 4.68 Å². The van der Waals surface area contributed by atoms with Gasteiger partial charge in [-0.2, -0.15) is 5.10 Å². The van der Waals surface area contributed by atoms with Crippen molar-refractivity contribution in [2.24, 2.45) is 5.73 Å². The van der Waals surface area contributed by atoms with Gasteiger partial charge in [0.15, 0.2) is 0 Å². The van der Waals surface area contributed by atoms with Crippen LogP contribution in [0.2, 0.25) is 0 Å². The smallest absolute Gasteiger partial charge is 0.0537 e. The van der Waals surface area contributed by atoms with E-state index in [4.69, 9.17) is 5.73 Å². The summed E-state index contributed by atoms with van der Waals surface area (Å²) in [4.78, 5) is 0. The monoisotopic (exact) mass is 279 g/mol. The number of aromatic nitrogens is 2. The molecule has 3 nitrogen and oxygen atoms in total. The van der Waals surface area contributed by atoms with E-state index < -0.39 is 0 Å². The topological polar surface area (TPSA) is 43.8 Å². The van der Waals surface area contributed by atoms with E-state index in [0.717, 1.165) is 13.0 Å². The molecular weight excluding hydrogens is 246 g/mol. The van der Waals surface area contributed by atoms with Crippen LogP contribution in [0.15, 0.2) is 12.4 Å². The van der Waals surface area contributed by atoms with Crippen LogP contribution < -0.4 is 5.73 Å². The van der Waals surface area contributed by atoms with Crippen molar-refractivity contribution in [2.75, 3.05) is 0 Å². The number of nitrogens with zero attached hydrogens (tertiary/aromatic N) is 2. The molecular formula is C17H33N3. The van der Waals surface area contributed by atoms with E-state index in [1.165, 1.54) is 63.4 Å². The molecule has 0 bridgehead atoms. The molecule has 0 aliphatic heterocycles. The minimum Gasteiger partial charge on any atom is -0.324 e. The van der Waals surface area contributed by atoms with E-state index >= 15 is 0 Å². The van der Waals surface area contributed by atoms with E-state index in [1.54, 1.807) is 0 Å². The summed E-state index contributed by atoms with van der Waals surface area (Å²) in [5.41, 5.74) is 7.39. The van der Waals surface area contributed by atoms with Crippen molar-refractivity contribution >= 4 is 0 Å². The Morgan fingerprint density at radius 2 is 1.60 bits per heavy atom.